The minimum Gasteiger partial charge on any atom is -0.368 e. The number of nitrogens with two attached hydrogens (primary N) is 1. The summed E-state index contributed by atoms with van der Waals surface area (Å²) >= 11 is 0. The fraction of sp³-hybridized carbons (Fsp3) is 0.333. The van der Waals surface area contributed by atoms with E-state index in [9.17, 15) is 4.79 Å². The minimum atomic E-state index is -0.353. The van der Waals surface area contributed by atoms with Gasteiger partial charge < -0.3 is 10.3 Å². The molecule has 0 fully saturated rings. The number of fused-ring (bicyclic) bond motifs is 1. The number of rotatable bonds is 3. The smallest absolute Gasteiger partial charge is 0.237 e. The van der Waals surface area contributed by atoms with Gasteiger partial charge in [0.25, 0.3) is 0 Å². The molecule has 2 aromatic heterocycles. The van der Waals surface area contributed by atoms with Gasteiger partial charge in [-0.05, 0) is 23.6 Å². The molecule has 2 aromatic rings. The number of hydrogen-bond acceptors (Lipinski definition) is 2. The van der Waals surface area contributed by atoms with E-state index in [-0.39, 0.29) is 12.5 Å². The normalized spacial score (nSPS) is 11.2. The molecule has 16 heavy (non-hydrogen) atoms. The quantitative estimate of drug-likeness (QED) is 0.849. The van der Waals surface area contributed by atoms with Crippen molar-refractivity contribution in [3.05, 3.63) is 30.1 Å². The van der Waals surface area contributed by atoms with Crippen molar-refractivity contribution in [2.45, 2.75) is 26.3 Å². The van der Waals surface area contributed by atoms with Crippen LogP contribution in [0.2, 0.25) is 0 Å². The molecule has 0 bridgehead atoms. The molecule has 0 aromatic carbocycles. The molecule has 0 saturated carbocycles. The maximum absolute atomic E-state index is 10.9. The highest BCUT2D eigenvalue weighted by molar-refractivity contribution is 5.82. The van der Waals surface area contributed by atoms with Crippen LogP contribution < -0.4 is 5.73 Å². The van der Waals surface area contributed by atoms with E-state index in [1.54, 1.807) is 10.8 Å². The lowest BCUT2D eigenvalue weighted by Gasteiger charge is -2.07. The van der Waals surface area contributed by atoms with Crippen molar-refractivity contribution in [2.75, 3.05) is 0 Å². The SMILES string of the molecule is CC(C)c1ccnc2c1ccn2CC(N)=O. The Bertz CT molecular complexity index is 528. The molecule has 0 aliphatic heterocycles. The van der Waals surface area contributed by atoms with Gasteiger partial charge in [0.05, 0.1) is 0 Å². The number of pyridine rings is 1. The van der Waals surface area contributed by atoms with Gasteiger partial charge in [-0.2, -0.15) is 0 Å². The molecule has 0 spiro atoms. The fourth-order valence-corrected chi connectivity index (χ4v) is 1.91. The third kappa shape index (κ3) is 1.78. The maximum atomic E-state index is 10.9. The number of aromatic nitrogens is 2. The molecule has 0 radical (unpaired) electrons. The van der Waals surface area contributed by atoms with Crippen LogP contribution in [0.25, 0.3) is 11.0 Å². The highest BCUT2D eigenvalue weighted by Crippen LogP contribution is 2.24. The number of hydrogen-bond donors (Lipinski definition) is 1. The topological polar surface area (TPSA) is 60.9 Å². The molecule has 0 saturated heterocycles. The Balaban J connectivity index is 2.57. The second-order valence-electron chi connectivity index (χ2n) is 4.20. The third-order valence-electron chi connectivity index (χ3n) is 2.64. The molecule has 0 unspecified atom stereocenters. The van der Waals surface area contributed by atoms with Gasteiger partial charge in [-0.3, -0.25) is 4.79 Å². The van der Waals surface area contributed by atoms with Gasteiger partial charge in [0.15, 0.2) is 0 Å². The van der Waals surface area contributed by atoms with Crippen LogP contribution in [0.3, 0.4) is 0 Å². The first-order valence-corrected chi connectivity index (χ1v) is 5.31. The number of nitrogens with zero attached hydrogens (tertiary/aromatic N) is 2. The van der Waals surface area contributed by atoms with E-state index in [4.69, 9.17) is 5.73 Å². The molecule has 2 N–H and O–H groups in total. The van der Waals surface area contributed by atoms with Crippen LogP contribution in [0.15, 0.2) is 24.5 Å². The first kappa shape index (κ1) is 10.7. The maximum Gasteiger partial charge on any atom is 0.237 e. The largest absolute Gasteiger partial charge is 0.368 e. The highest BCUT2D eigenvalue weighted by Gasteiger charge is 2.10. The monoisotopic (exact) mass is 217 g/mol. The van der Waals surface area contributed by atoms with Crippen LogP contribution in [0, 0.1) is 0 Å². The average molecular weight is 217 g/mol. The van der Waals surface area contributed by atoms with Gasteiger partial charge in [-0.1, -0.05) is 13.8 Å². The second kappa shape index (κ2) is 3.96. The second-order valence-corrected chi connectivity index (χ2v) is 4.20. The van der Waals surface area contributed by atoms with Gasteiger partial charge in [-0.15, -0.1) is 0 Å². The molecule has 1 amide bonds. The summed E-state index contributed by atoms with van der Waals surface area (Å²) in [6, 6.07) is 4.00. The van der Waals surface area contributed by atoms with E-state index in [0.717, 1.165) is 11.0 Å². The Morgan fingerprint density at radius 3 is 2.88 bits per heavy atom. The molecular formula is C12H15N3O. The van der Waals surface area contributed by atoms with Crippen molar-refractivity contribution in [1.29, 1.82) is 0 Å². The molecule has 4 nitrogen and oxygen atoms in total. The summed E-state index contributed by atoms with van der Waals surface area (Å²) in [5.41, 5.74) is 7.25. The summed E-state index contributed by atoms with van der Waals surface area (Å²) in [6.45, 7) is 4.46. The summed E-state index contributed by atoms with van der Waals surface area (Å²) < 4.78 is 1.78. The van der Waals surface area contributed by atoms with Crippen molar-refractivity contribution < 1.29 is 4.79 Å². The van der Waals surface area contributed by atoms with E-state index >= 15 is 0 Å². The summed E-state index contributed by atoms with van der Waals surface area (Å²) in [6.07, 6.45) is 3.63. The van der Waals surface area contributed by atoms with Crippen LogP contribution in [-0.4, -0.2) is 15.5 Å². The summed E-state index contributed by atoms with van der Waals surface area (Å²) in [4.78, 5) is 15.2. The van der Waals surface area contributed by atoms with E-state index in [1.807, 2.05) is 18.3 Å². The van der Waals surface area contributed by atoms with Crippen molar-refractivity contribution in [2.24, 2.45) is 5.73 Å². The van der Waals surface area contributed by atoms with Crippen LogP contribution in [0.1, 0.15) is 25.3 Å². The molecule has 2 heterocycles. The van der Waals surface area contributed by atoms with E-state index in [2.05, 4.69) is 18.8 Å². The lowest BCUT2D eigenvalue weighted by Crippen LogP contribution is -2.18. The van der Waals surface area contributed by atoms with E-state index in [1.165, 1.54) is 5.56 Å². The molecule has 4 heteroatoms. The molecule has 0 atom stereocenters. The molecule has 84 valence electrons. The lowest BCUT2D eigenvalue weighted by molar-refractivity contribution is -0.118. The first-order chi connectivity index (χ1) is 7.59. The standard InChI is InChI=1S/C12H15N3O/c1-8(2)9-3-5-14-12-10(9)4-6-15(12)7-11(13)16/h3-6,8H,7H2,1-2H3,(H2,13,16). The highest BCUT2D eigenvalue weighted by atomic mass is 16.1. The Labute approximate surface area is 94.1 Å². The zero-order valence-electron chi connectivity index (χ0n) is 9.47. The third-order valence-corrected chi connectivity index (χ3v) is 2.64. The first-order valence-electron chi connectivity index (χ1n) is 5.31. The zero-order chi connectivity index (χ0) is 11.7. The van der Waals surface area contributed by atoms with Crippen LogP contribution in [-0.2, 0) is 11.3 Å². The van der Waals surface area contributed by atoms with Crippen molar-refractivity contribution in [3.63, 3.8) is 0 Å². The number of carbonyl (C=O) groups excluding carboxylic acids is 1. The van der Waals surface area contributed by atoms with Crippen LogP contribution in [0.5, 0.6) is 0 Å². The van der Waals surface area contributed by atoms with Crippen LogP contribution in [0.4, 0.5) is 0 Å². The van der Waals surface area contributed by atoms with Crippen molar-refractivity contribution in [3.8, 4) is 0 Å². The fourth-order valence-electron chi connectivity index (χ4n) is 1.91. The Morgan fingerprint density at radius 2 is 2.25 bits per heavy atom. The van der Waals surface area contributed by atoms with Gasteiger partial charge in [0, 0.05) is 17.8 Å². The van der Waals surface area contributed by atoms with Crippen molar-refractivity contribution >= 4 is 16.9 Å². The summed E-state index contributed by atoms with van der Waals surface area (Å²) in [5, 5.41) is 1.10. The Morgan fingerprint density at radius 1 is 1.50 bits per heavy atom. The molecular weight excluding hydrogens is 202 g/mol. The van der Waals surface area contributed by atoms with Gasteiger partial charge in [0.2, 0.25) is 5.91 Å². The number of carbonyl (C=O) groups is 1. The molecule has 0 aliphatic carbocycles. The predicted octanol–water partition coefficient (Wildman–Crippen LogP) is 1.64. The van der Waals surface area contributed by atoms with Crippen LogP contribution >= 0.6 is 0 Å². The van der Waals surface area contributed by atoms with Gasteiger partial charge in [0.1, 0.15) is 12.2 Å². The Kier molecular flexibility index (Phi) is 2.64. The summed E-state index contributed by atoms with van der Waals surface area (Å²) in [7, 11) is 0. The number of primary amides is 1. The van der Waals surface area contributed by atoms with E-state index in [0.29, 0.717) is 5.92 Å². The molecule has 2 rings (SSSR count). The zero-order valence-corrected chi connectivity index (χ0v) is 9.47. The lowest BCUT2D eigenvalue weighted by atomic mass is 10.0. The van der Waals surface area contributed by atoms with Gasteiger partial charge >= 0.3 is 0 Å². The van der Waals surface area contributed by atoms with Crippen molar-refractivity contribution in [1.82, 2.24) is 9.55 Å². The van der Waals surface area contributed by atoms with Gasteiger partial charge in [-0.25, -0.2) is 4.98 Å². The average Bonchev–Trinajstić information content (AvgIpc) is 2.60. The predicted molar refractivity (Wildman–Crippen MR) is 63.0 cm³/mol. The van der Waals surface area contributed by atoms with E-state index < -0.39 is 0 Å². The number of amides is 1. The molecule has 0 aliphatic rings. The minimum absolute atomic E-state index is 0.179. The Hall–Kier alpha value is -1.84. The summed E-state index contributed by atoms with van der Waals surface area (Å²) in [5.74, 6) is 0.0872.